The highest BCUT2D eigenvalue weighted by Crippen LogP contribution is 2.16. The minimum Gasteiger partial charge on any atom is -0.494 e. The monoisotopic (exact) mass is 375 g/mol. The number of nitrogens with zero attached hydrogens (tertiary/aromatic N) is 1. The third kappa shape index (κ3) is 7.43. The molecule has 1 aromatic carbocycles. The van der Waals surface area contributed by atoms with Gasteiger partial charge in [0.25, 0.3) is 0 Å². The Morgan fingerprint density at radius 2 is 2.07 bits per heavy atom. The van der Waals surface area contributed by atoms with Gasteiger partial charge in [-0.05, 0) is 43.0 Å². The molecule has 6 nitrogen and oxygen atoms in total. The molecule has 27 heavy (non-hydrogen) atoms. The van der Waals surface area contributed by atoms with Crippen LogP contribution in [0.3, 0.4) is 0 Å². The van der Waals surface area contributed by atoms with E-state index >= 15 is 0 Å². The molecule has 1 aliphatic rings. The second-order valence-electron chi connectivity index (χ2n) is 6.50. The zero-order valence-corrected chi connectivity index (χ0v) is 16.2. The summed E-state index contributed by atoms with van der Waals surface area (Å²) in [4.78, 5) is 25.7. The Morgan fingerprint density at radius 3 is 2.70 bits per heavy atom. The van der Waals surface area contributed by atoms with E-state index in [2.05, 4.69) is 11.7 Å². The molecule has 1 aromatic rings. The summed E-state index contributed by atoms with van der Waals surface area (Å²) in [5.41, 5.74) is 0.914. The Kier molecular flexibility index (Phi) is 8.84. The Bertz CT molecular complexity index is 620. The summed E-state index contributed by atoms with van der Waals surface area (Å²) in [6, 6.07) is 7.60. The number of rotatable bonds is 10. The van der Waals surface area contributed by atoms with Gasteiger partial charge in [-0.15, -0.1) is 0 Å². The molecule has 1 heterocycles. The molecule has 1 saturated heterocycles. The van der Waals surface area contributed by atoms with E-state index in [0.717, 1.165) is 37.2 Å². The molecule has 2 rings (SSSR count). The number of hydrogen-bond acceptors (Lipinski definition) is 5. The summed E-state index contributed by atoms with van der Waals surface area (Å²) in [6.45, 7) is 4.28. The van der Waals surface area contributed by atoms with Gasteiger partial charge in [0.1, 0.15) is 5.75 Å². The van der Waals surface area contributed by atoms with Gasteiger partial charge in [0, 0.05) is 25.8 Å². The molecule has 1 fully saturated rings. The predicted octanol–water partition coefficient (Wildman–Crippen LogP) is 3.06. The number of amides is 1. The average Bonchev–Trinajstić information content (AvgIpc) is 3.21. The molecular weight excluding hydrogens is 346 g/mol. The van der Waals surface area contributed by atoms with Gasteiger partial charge in [-0.1, -0.05) is 19.1 Å². The standard InChI is InChI=1S/C21H29NO5/c1-3-14-26-18-9-6-17(7-10-18)8-11-20(23)22(13-12-21(24)25-2)16-19-5-4-15-27-19/h6-11,19H,3-5,12-16H2,1-2H3/b11-8+. The molecule has 0 aromatic heterocycles. The molecule has 0 radical (unpaired) electrons. The molecule has 6 heteroatoms. The van der Waals surface area contributed by atoms with Crippen molar-refractivity contribution in [3.63, 3.8) is 0 Å². The van der Waals surface area contributed by atoms with Crippen LogP contribution in [0.4, 0.5) is 0 Å². The van der Waals surface area contributed by atoms with E-state index in [1.807, 2.05) is 24.3 Å². The highest BCUT2D eigenvalue weighted by Gasteiger charge is 2.22. The number of carbonyl (C=O) groups excluding carboxylic acids is 2. The quantitative estimate of drug-likeness (QED) is 0.464. The van der Waals surface area contributed by atoms with E-state index in [4.69, 9.17) is 9.47 Å². The van der Waals surface area contributed by atoms with Gasteiger partial charge in [0.2, 0.25) is 5.91 Å². The first-order valence-corrected chi connectivity index (χ1v) is 9.50. The summed E-state index contributed by atoms with van der Waals surface area (Å²) in [6.07, 6.45) is 6.42. The SMILES string of the molecule is CCCOc1ccc(/C=C/C(=O)N(CCC(=O)OC)CC2CCCO2)cc1. The zero-order chi connectivity index (χ0) is 19.5. The summed E-state index contributed by atoms with van der Waals surface area (Å²) in [5, 5.41) is 0. The third-order valence-corrected chi connectivity index (χ3v) is 4.34. The Hall–Kier alpha value is -2.34. The fourth-order valence-corrected chi connectivity index (χ4v) is 2.82. The number of ether oxygens (including phenoxy) is 3. The molecule has 0 spiro atoms. The van der Waals surface area contributed by atoms with Gasteiger partial charge in [-0.3, -0.25) is 9.59 Å². The van der Waals surface area contributed by atoms with E-state index in [1.54, 1.807) is 11.0 Å². The van der Waals surface area contributed by atoms with Gasteiger partial charge >= 0.3 is 5.97 Å². The highest BCUT2D eigenvalue weighted by atomic mass is 16.5. The van der Waals surface area contributed by atoms with Gasteiger partial charge in [-0.2, -0.15) is 0 Å². The minimum atomic E-state index is -0.327. The molecular formula is C21H29NO5. The molecule has 148 valence electrons. The number of benzene rings is 1. The van der Waals surface area contributed by atoms with Crippen LogP contribution in [0.1, 0.15) is 38.2 Å². The fourth-order valence-electron chi connectivity index (χ4n) is 2.82. The lowest BCUT2D eigenvalue weighted by Crippen LogP contribution is -2.37. The summed E-state index contributed by atoms with van der Waals surface area (Å²) in [5.74, 6) is 0.353. The maximum atomic E-state index is 12.6. The molecule has 0 saturated carbocycles. The smallest absolute Gasteiger partial charge is 0.307 e. The van der Waals surface area contributed by atoms with Crippen molar-refractivity contribution in [1.82, 2.24) is 4.90 Å². The van der Waals surface area contributed by atoms with Gasteiger partial charge in [-0.25, -0.2) is 0 Å². The van der Waals surface area contributed by atoms with E-state index in [9.17, 15) is 9.59 Å². The van der Waals surface area contributed by atoms with Crippen molar-refractivity contribution in [2.45, 2.75) is 38.7 Å². The molecule has 1 atom stereocenters. The average molecular weight is 375 g/mol. The topological polar surface area (TPSA) is 65.1 Å². The second-order valence-corrected chi connectivity index (χ2v) is 6.50. The van der Waals surface area contributed by atoms with Crippen molar-refractivity contribution in [3.05, 3.63) is 35.9 Å². The lowest BCUT2D eigenvalue weighted by Gasteiger charge is -2.24. The lowest BCUT2D eigenvalue weighted by molar-refractivity contribution is -0.141. The molecule has 0 N–H and O–H groups in total. The van der Waals surface area contributed by atoms with Crippen molar-refractivity contribution in [3.8, 4) is 5.75 Å². The van der Waals surface area contributed by atoms with E-state index < -0.39 is 0 Å². The van der Waals surface area contributed by atoms with Crippen molar-refractivity contribution in [2.75, 3.05) is 33.4 Å². The van der Waals surface area contributed by atoms with Gasteiger partial charge < -0.3 is 19.1 Å². The Labute approximate surface area is 161 Å². The first-order valence-electron chi connectivity index (χ1n) is 9.50. The van der Waals surface area contributed by atoms with E-state index in [1.165, 1.54) is 13.2 Å². The lowest BCUT2D eigenvalue weighted by atomic mass is 10.2. The van der Waals surface area contributed by atoms with Crippen LogP contribution in [0.15, 0.2) is 30.3 Å². The molecule has 0 aliphatic carbocycles. The first-order chi connectivity index (χ1) is 13.1. The Balaban J connectivity index is 1.95. The van der Waals surface area contributed by atoms with Crippen LogP contribution in [0.2, 0.25) is 0 Å². The number of hydrogen-bond donors (Lipinski definition) is 0. The highest BCUT2D eigenvalue weighted by molar-refractivity contribution is 5.92. The van der Waals surface area contributed by atoms with Crippen LogP contribution in [-0.4, -0.2) is 56.3 Å². The van der Waals surface area contributed by atoms with Crippen LogP contribution in [-0.2, 0) is 19.1 Å². The van der Waals surface area contributed by atoms with Crippen LogP contribution in [0.25, 0.3) is 6.08 Å². The summed E-state index contributed by atoms with van der Waals surface area (Å²) >= 11 is 0. The van der Waals surface area contributed by atoms with Gasteiger partial charge in [0.05, 0.1) is 26.2 Å². The van der Waals surface area contributed by atoms with E-state index in [0.29, 0.717) is 19.7 Å². The molecule has 1 unspecified atom stereocenters. The normalized spacial score (nSPS) is 16.4. The number of methoxy groups -OCH3 is 1. The van der Waals surface area contributed by atoms with Gasteiger partial charge in [0.15, 0.2) is 0 Å². The van der Waals surface area contributed by atoms with Crippen LogP contribution < -0.4 is 4.74 Å². The summed E-state index contributed by atoms with van der Waals surface area (Å²) < 4.78 is 15.9. The van der Waals surface area contributed by atoms with Crippen molar-refractivity contribution in [2.24, 2.45) is 0 Å². The summed E-state index contributed by atoms with van der Waals surface area (Å²) in [7, 11) is 1.35. The Morgan fingerprint density at radius 1 is 1.30 bits per heavy atom. The van der Waals surface area contributed by atoms with Crippen LogP contribution >= 0.6 is 0 Å². The third-order valence-electron chi connectivity index (χ3n) is 4.34. The number of carbonyl (C=O) groups is 2. The first kappa shape index (κ1) is 21.0. The van der Waals surface area contributed by atoms with Crippen molar-refractivity contribution in [1.29, 1.82) is 0 Å². The minimum absolute atomic E-state index is 0.0370. The van der Waals surface area contributed by atoms with Crippen molar-refractivity contribution < 1.29 is 23.8 Å². The second kappa shape index (κ2) is 11.4. The molecule has 0 bridgehead atoms. The molecule has 1 aliphatic heterocycles. The van der Waals surface area contributed by atoms with E-state index in [-0.39, 0.29) is 24.4 Å². The predicted molar refractivity (Wildman–Crippen MR) is 103 cm³/mol. The number of esters is 1. The van der Waals surface area contributed by atoms with Crippen molar-refractivity contribution >= 4 is 18.0 Å². The maximum Gasteiger partial charge on any atom is 0.307 e. The zero-order valence-electron chi connectivity index (χ0n) is 16.2. The van der Waals surface area contributed by atoms with Crippen LogP contribution in [0.5, 0.6) is 5.75 Å². The fraction of sp³-hybridized carbons (Fsp3) is 0.524. The molecule has 1 amide bonds. The largest absolute Gasteiger partial charge is 0.494 e. The van der Waals surface area contributed by atoms with Crippen LogP contribution in [0, 0.1) is 0 Å². The maximum absolute atomic E-state index is 12.6.